The van der Waals surface area contributed by atoms with Crippen molar-refractivity contribution in [3.63, 3.8) is 0 Å². The van der Waals surface area contributed by atoms with E-state index in [2.05, 4.69) is 19.2 Å². The summed E-state index contributed by atoms with van der Waals surface area (Å²) in [4.78, 5) is 12.9. The molecule has 152 valence electrons. The van der Waals surface area contributed by atoms with Crippen LogP contribution in [0.25, 0.3) is 0 Å². The van der Waals surface area contributed by atoms with Crippen molar-refractivity contribution >= 4 is 5.91 Å². The van der Waals surface area contributed by atoms with Crippen LogP contribution < -0.4 is 19.5 Å². The fourth-order valence-electron chi connectivity index (χ4n) is 3.01. The van der Waals surface area contributed by atoms with Gasteiger partial charge in [-0.25, -0.2) is 0 Å². The second-order valence-electron chi connectivity index (χ2n) is 7.16. The highest BCUT2D eigenvalue weighted by molar-refractivity contribution is 5.81. The minimum absolute atomic E-state index is 0.0821. The minimum Gasteiger partial charge on any atom is -0.497 e. The smallest absolute Gasteiger partial charge is 0.261 e. The van der Waals surface area contributed by atoms with Crippen molar-refractivity contribution < 1.29 is 19.0 Å². The van der Waals surface area contributed by atoms with Gasteiger partial charge in [0.15, 0.2) is 6.10 Å². The number of carbonyl (C=O) groups is 1. The molecule has 0 bridgehead atoms. The molecular weight excluding hydrogens is 354 g/mol. The van der Waals surface area contributed by atoms with Crippen LogP contribution in [0.4, 0.5) is 0 Å². The van der Waals surface area contributed by atoms with Gasteiger partial charge >= 0.3 is 0 Å². The molecule has 0 saturated carbocycles. The third kappa shape index (κ3) is 6.19. The molecule has 0 radical (unpaired) electrons. The zero-order chi connectivity index (χ0) is 20.5. The summed E-state index contributed by atoms with van der Waals surface area (Å²) in [6, 6.07) is 15.0. The first kappa shape index (κ1) is 21.6. The fraction of sp³-hybridized carbons (Fsp3) is 0.435. The highest BCUT2D eigenvalue weighted by Gasteiger charge is 2.23. The van der Waals surface area contributed by atoms with Crippen LogP contribution in [0.15, 0.2) is 48.5 Å². The number of hydrogen-bond donors (Lipinski definition) is 1. The van der Waals surface area contributed by atoms with Crippen molar-refractivity contribution in [2.24, 2.45) is 5.92 Å². The van der Waals surface area contributed by atoms with E-state index in [-0.39, 0.29) is 11.9 Å². The Morgan fingerprint density at radius 3 is 2.18 bits per heavy atom. The van der Waals surface area contributed by atoms with Crippen molar-refractivity contribution in [3.8, 4) is 17.2 Å². The topological polar surface area (TPSA) is 56.8 Å². The predicted octanol–water partition coefficient (Wildman–Crippen LogP) is 4.76. The van der Waals surface area contributed by atoms with E-state index in [1.807, 2.05) is 49.4 Å². The lowest BCUT2D eigenvalue weighted by molar-refractivity contribution is -0.129. The average molecular weight is 386 g/mol. The Balaban J connectivity index is 2.12. The normalized spacial score (nSPS) is 12.9. The van der Waals surface area contributed by atoms with E-state index in [0.29, 0.717) is 23.8 Å². The average Bonchev–Trinajstić information content (AvgIpc) is 2.71. The second kappa shape index (κ2) is 10.6. The highest BCUT2D eigenvalue weighted by atomic mass is 16.5. The number of ether oxygens (including phenoxy) is 3. The van der Waals surface area contributed by atoms with Gasteiger partial charge in [-0.05, 0) is 48.6 Å². The van der Waals surface area contributed by atoms with Crippen LogP contribution >= 0.6 is 0 Å². The quantitative estimate of drug-likeness (QED) is 0.640. The van der Waals surface area contributed by atoms with Gasteiger partial charge in [0.1, 0.15) is 17.2 Å². The molecule has 1 amide bonds. The summed E-state index contributed by atoms with van der Waals surface area (Å²) >= 11 is 0. The van der Waals surface area contributed by atoms with Gasteiger partial charge in [-0.2, -0.15) is 0 Å². The molecule has 0 saturated heterocycles. The Morgan fingerprint density at radius 1 is 0.964 bits per heavy atom. The van der Waals surface area contributed by atoms with E-state index in [4.69, 9.17) is 14.2 Å². The zero-order valence-corrected chi connectivity index (χ0v) is 17.4. The number of carbonyl (C=O) groups excluding carboxylic acids is 1. The monoisotopic (exact) mass is 385 g/mol. The first-order chi connectivity index (χ1) is 13.5. The molecule has 2 aromatic carbocycles. The summed E-state index contributed by atoms with van der Waals surface area (Å²) in [7, 11) is 3.25. The van der Waals surface area contributed by atoms with Crippen LogP contribution in [-0.4, -0.2) is 26.2 Å². The lowest BCUT2D eigenvalue weighted by Crippen LogP contribution is -2.40. The van der Waals surface area contributed by atoms with Crippen molar-refractivity contribution in [3.05, 3.63) is 54.1 Å². The Kier molecular flexibility index (Phi) is 8.18. The molecule has 5 nitrogen and oxygen atoms in total. The zero-order valence-electron chi connectivity index (χ0n) is 17.4. The van der Waals surface area contributed by atoms with E-state index >= 15 is 0 Å². The highest BCUT2D eigenvalue weighted by Crippen LogP contribution is 2.25. The van der Waals surface area contributed by atoms with E-state index in [9.17, 15) is 4.79 Å². The number of nitrogens with one attached hydrogen (secondary N) is 1. The number of methoxy groups -OCH3 is 2. The van der Waals surface area contributed by atoms with Crippen LogP contribution in [0, 0.1) is 5.92 Å². The molecule has 28 heavy (non-hydrogen) atoms. The van der Waals surface area contributed by atoms with Gasteiger partial charge in [0.25, 0.3) is 5.91 Å². The van der Waals surface area contributed by atoms with Crippen LogP contribution in [0.3, 0.4) is 0 Å². The molecule has 2 rings (SSSR count). The summed E-state index contributed by atoms with van der Waals surface area (Å²) in [5.74, 6) is 2.43. The lowest BCUT2D eigenvalue weighted by atomic mass is 9.96. The Labute approximate surface area is 168 Å². The molecule has 1 N–H and O–H groups in total. The number of benzene rings is 2. The van der Waals surface area contributed by atoms with E-state index in [1.54, 1.807) is 20.3 Å². The molecule has 0 aliphatic heterocycles. The number of amides is 1. The predicted molar refractivity (Wildman–Crippen MR) is 111 cm³/mol. The molecule has 0 aromatic heterocycles. The van der Waals surface area contributed by atoms with Crippen LogP contribution in [-0.2, 0) is 4.79 Å². The van der Waals surface area contributed by atoms with E-state index in [0.717, 1.165) is 17.7 Å². The van der Waals surface area contributed by atoms with Gasteiger partial charge < -0.3 is 19.5 Å². The maximum Gasteiger partial charge on any atom is 0.261 e. The molecule has 0 heterocycles. The first-order valence-corrected chi connectivity index (χ1v) is 9.71. The molecule has 2 atom stereocenters. The molecule has 0 aliphatic rings. The lowest BCUT2D eigenvalue weighted by Gasteiger charge is -2.25. The molecule has 0 spiro atoms. The van der Waals surface area contributed by atoms with E-state index < -0.39 is 6.10 Å². The van der Waals surface area contributed by atoms with Gasteiger partial charge in [0, 0.05) is 6.07 Å². The van der Waals surface area contributed by atoms with Gasteiger partial charge in [-0.1, -0.05) is 39.0 Å². The molecule has 0 aliphatic carbocycles. The first-order valence-electron chi connectivity index (χ1n) is 9.71. The van der Waals surface area contributed by atoms with Crippen LogP contribution in [0.1, 0.15) is 45.2 Å². The molecule has 2 aromatic rings. The maximum atomic E-state index is 12.9. The minimum atomic E-state index is -0.569. The molecule has 2 unspecified atom stereocenters. The fourth-order valence-corrected chi connectivity index (χ4v) is 3.01. The number of rotatable bonds is 10. The molecular formula is C23H31NO4. The van der Waals surface area contributed by atoms with Gasteiger partial charge in [0.05, 0.1) is 20.3 Å². The summed E-state index contributed by atoms with van der Waals surface area (Å²) in [5, 5.41) is 3.17. The largest absolute Gasteiger partial charge is 0.497 e. The van der Waals surface area contributed by atoms with Crippen molar-refractivity contribution in [2.45, 2.75) is 45.8 Å². The molecule has 5 heteroatoms. The Bertz CT molecular complexity index is 743. The summed E-state index contributed by atoms with van der Waals surface area (Å²) in [6.07, 6.45) is 0.841. The van der Waals surface area contributed by atoms with Gasteiger partial charge in [-0.15, -0.1) is 0 Å². The summed E-state index contributed by atoms with van der Waals surface area (Å²) in [5.41, 5.74) is 1.05. The summed E-state index contributed by atoms with van der Waals surface area (Å²) in [6.45, 7) is 6.23. The van der Waals surface area contributed by atoms with Crippen molar-refractivity contribution in [2.75, 3.05) is 14.2 Å². The summed E-state index contributed by atoms with van der Waals surface area (Å²) < 4.78 is 16.4. The maximum absolute atomic E-state index is 12.9. The second-order valence-corrected chi connectivity index (χ2v) is 7.16. The van der Waals surface area contributed by atoms with Crippen LogP contribution in [0.5, 0.6) is 17.2 Å². The van der Waals surface area contributed by atoms with Crippen LogP contribution in [0.2, 0.25) is 0 Å². The third-order valence-corrected chi connectivity index (χ3v) is 4.52. The van der Waals surface area contributed by atoms with E-state index in [1.165, 1.54) is 0 Å². The standard InChI is InChI=1S/C23H31NO4/c1-6-22(28-20-9-7-8-19(15-20)27-5)23(25)24-21(14-16(2)3)17-10-12-18(26-4)13-11-17/h7-13,15-16,21-22H,6,14H2,1-5H3,(H,24,25). The Hall–Kier alpha value is -2.69. The van der Waals surface area contributed by atoms with Crippen molar-refractivity contribution in [1.82, 2.24) is 5.32 Å². The third-order valence-electron chi connectivity index (χ3n) is 4.52. The van der Waals surface area contributed by atoms with Gasteiger partial charge in [-0.3, -0.25) is 4.79 Å². The van der Waals surface area contributed by atoms with Crippen molar-refractivity contribution in [1.29, 1.82) is 0 Å². The van der Waals surface area contributed by atoms with Gasteiger partial charge in [0.2, 0.25) is 0 Å². The molecule has 0 fully saturated rings. The Morgan fingerprint density at radius 2 is 1.61 bits per heavy atom. The SMILES string of the molecule is CCC(Oc1cccc(OC)c1)C(=O)NC(CC(C)C)c1ccc(OC)cc1. The number of hydrogen-bond acceptors (Lipinski definition) is 4.